The molecule has 4 rings (SSSR count). The molecule has 0 spiro atoms. The summed E-state index contributed by atoms with van der Waals surface area (Å²) in [6.07, 6.45) is 2.79. The molecule has 1 unspecified atom stereocenters. The number of carbonyl (C=O) groups excluding carboxylic acids is 1. The van der Waals surface area contributed by atoms with Crippen molar-refractivity contribution >= 4 is 16.9 Å². The highest BCUT2D eigenvalue weighted by Gasteiger charge is 2.25. The zero-order chi connectivity index (χ0) is 19.5. The Morgan fingerprint density at radius 2 is 1.96 bits per heavy atom. The Labute approximate surface area is 166 Å². The minimum Gasteiger partial charge on any atom is -0.337 e. The third kappa shape index (κ3) is 4.09. The lowest BCUT2D eigenvalue weighted by Crippen LogP contribution is -2.43. The van der Waals surface area contributed by atoms with Crippen LogP contribution in [0.2, 0.25) is 0 Å². The molecule has 3 aromatic rings. The van der Waals surface area contributed by atoms with Crippen LogP contribution in [0.4, 0.5) is 0 Å². The lowest BCUT2D eigenvalue weighted by atomic mass is 10.2. The van der Waals surface area contributed by atoms with Crippen LogP contribution in [-0.2, 0) is 17.9 Å². The number of fused-ring (bicyclic) bond motifs is 1. The smallest absolute Gasteiger partial charge is 0.242 e. The molecule has 2 aromatic carbocycles. The second-order valence-corrected chi connectivity index (χ2v) is 7.88. The molecule has 5 nitrogen and oxygen atoms in total. The van der Waals surface area contributed by atoms with E-state index in [4.69, 9.17) is 0 Å². The first-order valence-electron chi connectivity index (χ1n) is 10.1. The van der Waals surface area contributed by atoms with Crippen molar-refractivity contribution in [2.24, 2.45) is 0 Å². The highest BCUT2D eigenvalue weighted by atomic mass is 16.2. The summed E-state index contributed by atoms with van der Waals surface area (Å²) < 4.78 is 1.98. The number of carbonyl (C=O) groups is 1. The molecular weight excluding hydrogens is 348 g/mol. The fourth-order valence-corrected chi connectivity index (χ4v) is 4.13. The number of nitrogens with zero attached hydrogens (tertiary/aromatic N) is 4. The van der Waals surface area contributed by atoms with Crippen molar-refractivity contribution in [1.82, 2.24) is 19.4 Å². The Balaban J connectivity index is 1.43. The maximum Gasteiger partial charge on any atom is 0.242 e. The molecule has 1 aliphatic rings. The number of amides is 1. The highest BCUT2D eigenvalue weighted by Crippen LogP contribution is 2.17. The summed E-state index contributed by atoms with van der Waals surface area (Å²) in [5.41, 5.74) is 4.48. The van der Waals surface area contributed by atoms with E-state index in [0.29, 0.717) is 6.54 Å². The number of imidazole rings is 1. The first-order valence-corrected chi connectivity index (χ1v) is 10.1. The summed E-state index contributed by atoms with van der Waals surface area (Å²) in [6, 6.07) is 16.9. The van der Waals surface area contributed by atoms with Crippen LogP contribution in [0.1, 0.15) is 24.5 Å². The average molecular weight is 377 g/mol. The molecule has 1 atom stereocenters. The molecule has 0 aliphatic carbocycles. The molecule has 1 fully saturated rings. The van der Waals surface area contributed by atoms with Crippen LogP contribution in [0.15, 0.2) is 54.9 Å². The van der Waals surface area contributed by atoms with E-state index in [1.165, 1.54) is 11.1 Å². The Morgan fingerprint density at radius 3 is 2.79 bits per heavy atom. The third-order valence-electron chi connectivity index (χ3n) is 5.58. The Morgan fingerprint density at radius 1 is 1.14 bits per heavy atom. The van der Waals surface area contributed by atoms with Gasteiger partial charge in [0, 0.05) is 32.2 Å². The molecule has 0 radical (unpaired) electrons. The van der Waals surface area contributed by atoms with Crippen LogP contribution in [-0.4, -0.2) is 50.9 Å². The molecule has 1 saturated heterocycles. The summed E-state index contributed by atoms with van der Waals surface area (Å²) in [5.74, 6) is 0.176. The molecule has 1 amide bonds. The van der Waals surface area contributed by atoms with Crippen molar-refractivity contribution in [3.63, 3.8) is 0 Å². The molecule has 1 aromatic heterocycles. The van der Waals surface area contributed by atoms with Gasteiger partial charge in [0.1, 0.15) is 6.54 Å². The van der Waals surface area contributed by atoms with Gasteiger partial charge in [0.15, 0.2) is 0 Å². The van der Waals surface area contributed by atoms with Crippen LogP contribution in [0, 0.1) is 6.92 Å². The summed E-state index contributed by atoms with van der Waals surface area (Å²) in [5, 5.41) is 0. The third-order valence-corrected chi connectivity index (χ3v) is 5.58. The lowest BCUT2D eigenvalue weighted by molar-refractivity contribution is -0.133. The van der Waals surface area contributed by atoms with Gasteiger partial charge in [-0.05, 0) is 43.5 Å². The number of aryl methyl sites for hydroxylation is 1. The van der Waals surface area contributed by atoms with Crippen LogP contribution in [0.5, 0.6) is 0 Å². The normalized spacial score (nSPS) is 18.4. The van der Waals surface area contributed by atoms with Crippen molar-refractivity contribution < 1.29 is 4.79 Å². The van der Waals surface area contributed by atoms with E-state index < -0.39 is 0 Å². The predicted molar refractivity (Wildman–Crippen MR) is 112 cm³/mol. The van der Waals surface area contributed by atoms with Gasteiger partial charge in [-0.1, -0.05) is 36.4 Å². The maximum absolute atomic E-state index is 13.1. The molecule has 0 N–H and O–H groups in total. The molecule has 1 aliphatic heterocycles. The molecule has 2 heterocycles. The summed E-state index contributed by atoms with van der Waals surface area (Å²) in [4.78, 5) is 22.0. The van der Waals surface area contributed by atoms with Gasteiger partial charge in [-0.3, -0.25) is 9.69 Å². The van der Waals surface area contributed by atoms with Crippen molar-refractivity contribution in [2.45, 2.75) is 39.4 Å². The zero-order valence-electron chi connectivity index (χ0n) is 16.7. The Hall–Kier alpha value is -2.66. The first-order chi connectivity index (χ1) is 13.6. The number of hydrogen-bond donors (Lipinski definition) is 0. The highest BCUT2D eigenvalue weighted by molar-refractivity contribution is 5.81. The van der Waals surface area contributed by atoms with E-state index >= 15 is 0 Å². The monoisotopic (exact) mass is 376 g/mol. The van der Waals surface area contributed by atoms with E-state index in [1.807, 2.05) is 15.5 Å². The van der Waals surface area contributed by atoms with Gasteiger partial charge in [0.2, 0.25) is 5.91 Å². The van der Waals surface area contributed by atoms with Crippen LogP contribution in [0.3, 0.4) is 0 Å². The topological polar surface area (TPSA) is 41.4 Å². The van der Waals surface area contributed by atoms with E-state index in [1.54, 1.807) is 6.33 Å². The number of rotatable bonds is 4. The van der Waals surface area contributed by atoms with Gasteiger partial charge in [-0.15, -0.1) is 0 Å². The summed E-state index contributed by atoms with van der Waals surface area (Å²) >= 11 is 0. The quantitative estimate of drug-likeness (QED) is 0.700. The predicted octanol–water partition coefficient (Wildman–Crippen LogP) is 3.47. The SMILES string of the molecule is Cc1ccc2ncn(CC(=O)N3CCCN(Cc4ccccc4)CC3C)c2c1. The number of hydrogen-bond acceptors (Lipinski definition) is 3. The summed E-state index contributed by atoms with van der Waals surface area (Å²) in [6.45, 7) is 8.27. The van der Waals surface area contributed by atoms with Gasteiger partial charge in [0.25, 0.3) is 0 Å². The van der Waals surface area contributed by atoms with E-state index in [-0.39, 0.29) is 11.9 Å². The van der Waals surface area contributed by atoms with Gasteiger partial charge < -0.3 is 9.47 Å². The van der Waals surface area contributed by atoms with Gasteiger partial charge in [-0.2, -0.15) is 0 Å². The molecule has 5 heteroatoms. The minimum absolute atomic E-state index is 0.176. The fourth-order valence-electron chi connectivity index (χ4n) is 4.13. The molecule has 0 bridgehead atoms. The van der Waals surface area contributed by atoms with Crippen molar-refractivity contribution in [3.8, 4) is 0 Å². The second-order valence-electron chi connectivity index (χ2n) is 7.88. The van der Waals surface area contributed by atoms with Gasteiger partial charge in [-0.25, -0.2) is 4.98 Å². The summed E-state index contributed by atoms with van der Waals surface area (Å²) in [7, 11) is 0. The zero-order valence-corrected chi connectivity index (χ0v) is 16.7. The average Bonchev–Trinajstić information content (AvgIpc) is 2.97. The molecule has 28 heavy (non-hydrogen) atoms. The standard InChI is InChI=1S/C23H28N4O/c1-18-9-10-21-22(13-18)26(17-24-21)16-23(28)27-12-6-11-25(14-19(27)2)15-20-7-4-3-5-8-20/h3-5,7-10,13,17,19H,6,11-12,14-16H2,1-2H3. The number of benzene rings is 2. The molecule has 146 valence electrons. The van der Waals surface area contributed by atoms with Crippen LogP contribution in [0.25, 0.3) is 11.0 Å². The second kappa shape index (κ2) is 8.15. The number of aromatic nitrogens is 2. The lowest BCUT2D eigenvalue weighted by Gasteiger charge is -2.29. The Kier molecular flexibility index (Phi) is 5.44. The maximum atomic E-state index is 13.1. The Bertz CT molecular complexity index is 950. The first kappa shape index (κ1) is 18.7. The minimum atomic E-state index is 0.176. The van der Waals surface area contributed by atoms with Crippen molar-refractivity contribution in [2.75, 3.05) is 19.6 Å². The van der Waals surface area contributed by atoms with Crippen LogP contribution < -0.4 is 0 Å². The van der Waals surface area contributed by atoms with Gasteiger partial charge >= 0.3 is 0 Å². The van der Waals surface area contributed by atoms with Gasteiger partial charge in [0.05, 0.1) is 17.4 Å². The molecular formula is C23H28N4O. The largest absolute Gasteiger partial charge is 0.337 e. The van der Waals surface area contributed by atoms with E-state index in [9.17, 15) is 4.79 Å². The van der Waals surface area contributed by atoms with Crippen molar-refractivity contribution in [1.29, 1.82) is 0 Å². The van der Waals surface area contributed by atoms with E-state index in [2.05, 4.69) is 66.2 Å². The fraction of sp³-hybridized carbons (Fsp3) is 0.391. The van der Waals surface area contributed by atoms with Crippen LogP contribution >= 0.6 is 0 Å². The van der Waals surface area contributed by atoms with Crippen molar-refractivity contribution in [3.05, 3.63) is 66.0 Å². The van der Waals surface area contributed by atoms with E-state index in [0.717, 1.165) is 43.6 Å². The molecule has 0 saturated carbocycles.